The maximum Gasteiger partial charge on any atom is 0.243 e. The number of hydrogen-bond acceptors (Lipinski definition) is 3. The van der Waals surface area contributed by atoms with Crippen molar-refractivity contribution < 1.29 is 17.6 Å². The number of nitrogens with zero attached hydrogens (tertiary/aromatic N) is 1. The summed E-state index contributed by atoms with van der Waals surface area (Å²) in [6.07, 6.45) is 1.10. The van der Waals surface area contributed by atoms with Crippen LogP contribution in [0.3, 0.4) is 0 Å². The minimum atomic E-state index is -3.57. The first kappa shape index (κ1) is 14.1. The van der Waals surface area contributed by atoms with Crippen LogP contribution < -0.4 is 0 Å². The quantitative estimate of drug-likeness (QED) is 0.851. The Hall–Kier alpha value is -1.27. The number of carbonyl (C=O) groups is 1. The van der Waals surface area contributed by atoms with Gasteiger partial charge in [0.15, 0.2) is 0 Å². The fourth-order valence-electron chi connectivity index (χ4n) is 2.26. The summed E-state index contributed by atoms with van der Waals surface area (Å²) in [5, 5.41) is 0. The van der Waals surface area contributed by atoms with Gasteiger partial charge in [0.1, 0.15) is 11.6 Å². The van der Waals surface area contributed by atoms with E-state index < -0.39 is 15.8 Å². The summed E-state index contributed by atoms with van der Waals surface area (Å²) < 4.78 is 38.8. The predicted molar refractivity (Wildman–Crippen MR) is 68.6 cm³/mol. The van der Waals surface area contributed by atoms with Gasteiger partial charge in [-0.25, -0.2) is 12.8 Å². The summed E-state index contributed by atoms with van der Waals surface area (Å²) in [6, 6.07) is 4.80. The molecule has 0 atom stereocenters. The van der Waals surface area contributed by atoms with E-state index in [0.29, 0.717) is 25.9 Å². The van der Waals surface area contributed by atoms with Crippen molar-refractivity contribution in [1.82, 2.24) is 4.31 Å². The zero-order valence-electron chi connectivity index (χ0n) is 10.7. The van der Waals surface area contributed by atoms with Crippen LogP contribution in [0.5, 0.6) is 0 Å². The van der Waals surface area contributed by atoms with Crippen molar-refractivity contribution in [1.29, 1.82) is 0 Å². The highest BCUT2D eigenvalue weighted by molar-refractivity contribution is 7.89. The lowest BCUT2D eigenvalue weighted by Crippen LogP contribution is -2.39. The molecule has 1 aromatic rings. The average molecular weight is 285 g/mol. The lowest BCUT2D eigenvalue weighted by atomic mass is 9.95. The van der Waals surface area contributed by atoms with Crippen LogP contribution in [-0.2, 0) is 14.8 Å². The van der Waals surface area contributed by atoms with E-state index in [1.54, 1.807) is 0 Å². The van der Waals surface area contributed by atoms with E-state index in [4.69, 9.17) is 0 Å². The Labute approximate surface area is 112 Å². The highest BCUT2D eigenvalue weighted by Gasteiger charge is 2.30. The molecule has 0 N–H and O–H groups in total. The number of carbonyl (C=O) groups excluding carboxylic acids is 1. The summed E-state index contributed by atoms with van der Waals surface area (Å²) in [5.74, 6) is -0.396. The molecular weight excluding hydrogens is 269 g/mol. The number of Topliss-reactive ketones (excluding diaryl/α,β-unsaturated/α-hetero) is 1. The molecule has 1 aliphatic heterocycles. The lowest BCUT2D eigenvalue weighted by molar-refractivity contribution is -0.121. The Morgan fingerprint density at radius 1 is 1.21 bits per heavy atom. The number of rotatable bonds is 3. The molecular formula is C13H16FNO3S. The third kappa shape index (κ3) is 3.01. The molecule has 1 aliphatic rings. The summed E-state index contributed by atoms with van der Waals surface area (Å²) in [4.78, 5) is 11.3. The molecule has 1 heterocycles. The average Bonchev–Trinajstić information content (AvgIpc) is 2.39. The molecule has 4 nitrogen and oxygen atoms in total. The second-order valence-electron chi connectivity index (χ2n) is 4.74. The van der Waals surface area contributed by atoms with Crippen LogP contribution in [0.2, 0.25) is 0 Å². The maximum absolute atomic E-state index is 12.8. The maximum atomic E-state index is 12.8. The molecule has 0 saturated carbocycles. The third-order valence-electron chi connectivity index (χ3n) is 3.48. The molecule has 19 heavy (non-hydrogen) atoms. The van der Waals surface area contributed by atoms with Crippen molar-refractivity contribution in [2.75, 3.05) is 13.1 Å². The molecule has 0 aliphatic carbocycles. The summed E-state index contributed by atoms with van der Waals surface area (Å²) in [6.45, 7) is 2.21. The first-order valence-corrected chi connectivity index (χ1v) is 7.61. The Kier molecular flexibility index (Phi) is 4.01. The van der Waals surface area contributed by atoms with E-state index in [0.717, 1.165) is 12.1 Å². The Bertz CT molecular complexity index is 560. The van der Waals surface area contributed by atoms with E-state index in [1.807, 2.05) is 0 Å². The number of benzene rings is 1. The van der Waals surface area contributed by atoms with Crippen LogP contribution in [0.25, 0.3) is 0 Å². The molecule has 1 aromatic carbocycles. The van der Waals surface area contributed by atoms with Gasteiger partial charge in [-0.1, -0.05) is 0 Å². The van der Waals surface area contributed by atoms with Crippen LogP contribution in [-0.4, -0.2) is 31.6 Å². The third-order valence-corrected chi connectivity index (χ3v) is 5.39. The minimum absolute atomic E-state index is 0.0420. The van der Waals surface area contributed by atoms with Gasteiger partial charge in [-0.2, -0.15) is 4.31 Å². The van der Waals surface area contributed by atoms with Crippen molar-refractivity contribution in [3.05, 3.63) is 30.1 Å². The highest BCUT2D eigenvalue weighted by Crippen LogP contribution is 2.24. The van der Waals surface area contributed by atoms with Gasteiger partial charge in [0.25, 0.3) is 0 Å². The summed E-state index contributed by atoms with van der Waals surface area (Å²) in [5.41, 5.74) is 0. The molecule has 104 valence electrons. The van der Waals surface area contributed by atoms with Crippen molar-refractivity contribution in [2.24, 2.45) is 5.92 Å². The number of halogens is 1. The fraction of sp³-hybridized carbons (Fsp3) is 0.462. The minimum Gasteiger partial charge on any atom is -0.300 e. The van der Waals surface area contributed by atoms with Gasteiger partial charge >= 0.3 is 0 Å². The molecule has 0 bridgehead atoms. The smallest absolute Gasteiger partial charge is 0.243 e. The SMILES string of the molecule is CC(=O)C1CCN(S(=O)(=O)c2ccc(F)cc2)CC1. The highest BCUT2D eigenvalue weighted by atomic mass is 32.2. The van der Waals surface area contributed by atoms with Gasteiger partial charge in [-0.05, 0) is 44.0 Å². The van der Waals surface area contributed by atoms with E-state index >= 15 is 0 Å². The Morgan fingerprint density at radius 2 is 1.74 bits per heavy atom. The molecule has 1 saturated heterocycles. The van der Waals surface area contributed by atoms with E-state index in [9.17, 15) is 17.6 Å². The van der Waals surface area contributed by atoms with E-state index in [-0.39, 0.29) is 16.6 Å². The summed E-state index contributed by atoms with van der Waals surface area (Å²) in [7, 11) is -3.57. The largest absolute Gasteiger partial charge is 0.300 e. The predicted octanol–water partition coefficient (Wildman–Crippen LogP) is 1.82. The molecule has 2 rings (SSSR count). The van der Waals surface area contributed by atoms with Crippen LogP contribution >= 0.6 is 0 Å². The molecule has 0 amide bonds. The van der Waals surface area contributed by atoms with Crippen molar-refractivity contribution in [3.8, 4) is 0 Å². The van der Waals surface area contributed by atoms with Crippen molar-refractivity contribution in [2.45, 2.75) is 24.7 Å². The monoisotopic (exact) mass is 285 g/mol. The Morgan fingerprint density at radius 3 is 2.21 bits per heavy atom. The first-order valence-electron chi connectivity index (χ1n) is 6.17. The van der Waals surface area contributed by atoms with Gasteiger partial charge in [0.2, 0.25) is 10.0 Å². The zero-order chi connectivity index (χ0) is 14.0. The fourth-order valence-corrected chi connectivity index (χ4v) is 3.73. The van der Waals surface area contributed by atoms with Gasteiger partial charge in [-0.15, -0.1) is 0 Å². The van der Waals surface area contributed by atoms with Gasteiger partial charge in [0, 0.05) is 19.0 Å². The molecule has 0 spiro atoms. The number of hydrogen-bond donors (Lipinski definition) is 0. The Balaban J connectivity index is 2.14. The molecule has 1 fully saturated rings. The molecule has 6 heteroatoms. The topological polar surface area (TPSA) is 54.5 Å². The van der Waals surface area contributed by atoms with Crippen LogP contribution in [0.15, 0.2) is 29.2 Å². The van der Waals surface area contributed by atoms with E-state index in [1.165, 1.54) is 23.4 Å². The molecule has 0 radical (unpaired) electrons. The number of piperidine rings is 1. The van der Waals surface area contributed by atoms with Crippen LogP contribution in [0.4, 0.5) is 4.39 Å². The summed E-state index contributed by atoms with van der Waals surface area (Å²) >= 11 is 0. The standard InChI is InChI=1S/C13H16FNO3S/c1-10(16)11-6-8-15(9-7-11)19(17,18)13-4-2-12(14)3-5-13/h2-5,11H,6-9H2,1H3. The van der Waals surface area contributed by atoms with Gasteiger partial charge in [-0.3, -0.25) is 4.79 Å². The van der Waals surface area contributed by atoms with Gasteiger partial charge in [0.05, 0.1) is 4.90 Å². The second-order valence-corrected chi connectivity index (χ2v) is 6.68. The van der Waals surface area contributed by atoms with Gasteiger partial charge < -0.3 is 0 Å². The van der Waals surface area contributed by atoms with E-state index in [2.05, 4.69) is 0 Å². The first-order chi connectivity index (χ1) is 8.91. The van der Waals surface area contributed by atoms with Crippen molar-refractivity contribution >= 4 is 15.8 Å². The zero-order valence-corrected chi connectivity index (χ0v) is 11.5. The normalized spacial score (nSPS) is 18.4. The van der Waals surface area contributed by atoms with Crippen LogP contribution in [0.1, 0.15) is 19.8 Å². The molecule has 0 aromatic heterocycles. The number of sulfonamides is 1. The van der Waals surface area contributed by atoms with Crippen LogP contribution in [0, 0.1) is 11.7 Å². The second kappa shape index (κ2) is 5.38. The van der Waals surface area contributed by atoms with Crippen molar-refractivity contribution in [3.63, 3.8) is 0 Å². The molecule has 0 unspecified atom stereocenters. The number of ketones is 1. The lowest BCUT2D eigenvalue weighted by Gasteiger charge is -2.29.